The molecule has 0 amide bonds. The molecule has 1 aromatic heterocycles. The van der Waals surface area contributed by atoms with Gasteiger partial charge in [-0.15, -0.1) is 0 Å². The van der Waals surface area contributed by atoms with Crippen molar-refractivity contribution < 1.29 is 0 Å². The fourth-order valence-electron chi connectivity index (χ4n) is 2.48. The number of hydrogen-bond acceptors (Lipinski definition) is 2. The third-order valence-electron chi connectivity index (χ3n) is 3.48. The molecule has 2 aromatic carbocycles. The second-order valence-electron chi connectivity index (χ2n) is 5.40. The Bertz CT molecular complexity index is 883. The lowest BCUT2D eigenvalue weighted by Crippen LogP contribution is -1.93. The maximum Gasteiger partial charge on any atom is 0.0713 e. The van der Waals surface area contributed by atoms with Crippen molar-refractivity contribution in [3.05, 3.63) is 74.2 Å². The van der Waals surface area contributed by atoms with Crippen LogP contribution in [0.25, 0.3) is 22.5 Å². The van der Waals surface area contributed by atoms with Crippen LogP contribution in [0.5, 0.6) is 0 Å². The zero-order valence-electron chi connectivity index (χ0n) is 12.7. The summed E-state index contributed by atoms with van der Waals surface area (Å²) < 4.78 is 0. The summed E-state index contributed by atoms with van der Waals surface area (Å²) in [7, 11) is 0. The lowest BCUT2D eigenvalue weighted by molar-refractivity contribution is 1.22. The number of rotatable bonds is 3. The predicted octanol–water partition coefficient (Wildman–Crippen LogP) is 7.10. The van der Waals surface area contributed by atoms with Crippen molar-refractivity contribution in [2.24, 2.45) is 0 Å². The van der Waals surface area contributed by atoms with Crippen LogP contribution in [0, 0.1) is 11.3 Å². The lowest BCUT2D eigenvalue weighted by Gasteiger charge is -2.10. The SMILES string of the molecule is N#CCc1cc(-c2cc(Cl)cc(Cl)c2)nc(-c2cc(Cl)cc(Cl)c2)c1. The van der Waals surface area contributed by atoms with Crippen LogP contribution in [0.4, 0.5) is 0 Å². The predicted molar refractivity (Wildman–Crippen MR) is 104 cm³/mol. The highest BCUT2D eigenvalue weighted by atomic mass is 35.5. The summed E-state index contributed by atoms with van der Waals surface area (Å²) >= 11 is 24.4. The van der Waals surface area contributed by atoms with E-state index in [1.807, 2.05) is 12.1 Å². The number of halogens is 4. The number of nitriles is 1. The van der Waals surface area contributed by atoms with Crippen LogP contribution in [-0.2, 0) is 6.42 Å². The number of benzene rings is 2. The van der Waals surface area contributed by atoms with Gasteiger partial charge in [0.2, 0.25) is 0 Å². The van der Waals surface area contributed by atoms with Crippen molar-refractivity contribution in [1.82, 2.24) is 4.98 Å². The molecule has 0 N–H and O–H groups in total. The topological polar surface area (TPSA) is 36.7 Å². The van der Waals surface area contributed by atoms with Crippen LogP contribution in [0.1, 0.15) is 5.56 Å². The van der Waals surface area contributed by atoms with Crippen molar-refractivity contribution in [3.8, 4) is 28.6 Å². The van der Waals surface area contributed by atoms with Gasteiger partial charge in [0.15, 0.2) is 0 Å². The normalized spacial score (nSPS) is 10.5. The van der Waals surface area contributed by atoms with E-state index in [9.17, 15) is 0 Å². The van der Waals surface area contributed by atoms with Crippen LogP contribution in [-0.4, -0.2) is 4.98 Å². The largest absolute Gasteiger partial charge is 0.248 e. The van der Waals surface area contributed by atoms with E-state index in [0.29, 0.717) is 31.5 Å². The van der Waals surface area contributed by atoms with E-state index >= 15 is 0 Å². The van der Waals surface area contributed by atoms with E-state index in [1.54, 1.807) is 36.4 Å². The van der Waals surface area contributed by atoms with Gasteiger partial charge in [0, 0.05) is 31.2 Å². The van der Waals surface area contributed by atoms with Crippen molar-refractivity contribution in [2.75, 3.05) is 0 Å². The van der Waals surface area contributed by atoms with E-state index in [4.69, 9.17) is 51.7 Å². The molecule has 3 rings (SSSR count). The van der Waals surface area contributed by atoms with Gasteiger partial charge in [-0.3, -0.25) is 0 Å². The van der Waals surface area contributed by atoms with Gasteiger partial charge < -0.3 is 0 Å². The minimum Gasteiger partial charge on any atom is -0.248 e. The summed E-state index contributed by atoms with van der Waals surface area (Å²) in [5.74, 6) is 0. The quantitative estimate of drug-likeness (QED) is 0.464. The molecule has 0 atom stereocenters. The Morgan fingerprint density at radius 3 is 1.44 bits per heavy atom. The molecule has 0 bridgehead atoms. The summed E-state index contributed by atoms with van der Waals surface area (Å²) in [6, 6.07) is 16.3. The highest BCUT2D eigenvalue weighted by molar-refractivity contribution is 6.35. The van der Waals surface area contributed by atoms with E-state index < -0.39 is 0 Å². The first-order valence-electron chi connectivity index (χ1n) is 7.25. The Kier molecular flexibility index (Phi) is 5.51. The van der Waals surface area contributed by atoms with Gasteiger partial charge in [0.25, 0.3) is 0 Å². The van der Waals surface area contributed by atoms with Crippen molar-refractivity contribution in [1.29, 1.82) is 5.26 Å². The maximum atomic E-state index is 9.06. The highest BCUT2D eigenvalue weighted by Gasteiger charge is 2.10. The van der Waals surface area contributed by atoms with Crippen LogP contribution in [0.15, 0.2) is 48.5 Å². The summed E-state index contributed by atoms with van der Waals surface area (Å²) in [4.78, 5) is 4.68. The van der Waals surface area contributed by atoms with Crippen molar-refractivity contribution in [2.45, 2.75) is 6.42 Å². The third kappa shape index (κ3) is 4.45. The molecular formula is C19H10Cl4N2. The van der Waals surface area contributed by atoms with Gasteiger partial charge >= 0.3 is 0 Å². The third-order valence-corrected chi connectivity index (χ3v) is 4.36. The van der Waals surface area contributed by atoms with Crippen LogP contribution in [0.3, 0.4) is 0 Å². The van der Waals surface area contributed by atoms with Gasteiger partial charge in [-0.25, -0.2) is 4.98 Å². The Morgan fingerprint density at radius 1 is 0.680 bits per heavy atom. The van der Waals surface area contributed by atoms with Gasteiger partial charge in [-0.05, 0) is 54.1 Å². The van der Waals surface area contributed by atoms with Crippen molar-refractivity contribution in [3.63, 3.8) is 0 Å². The average Bonchev–Trinajstić information content (AvgIpc) is 2.53. The van der Waals surface area contributed by atoms with E-state index in [-0.39, 0.29) is 6.42 Å². The molecule has 0 spiro atoms. The monoisotopic (exact) mass is 406 g/mol. The molecule has 0 unspecified atom stereocenters. The fourth-order valence-corrected chi connectivity index (χ4v) is 3.53. The molecule has 0 aliphatic carbocycles. The van der Waals surface area contributed by atoms with E-state index in [2.05, 4.69) is 11.1 Å². The summed E-state index contributed by atoms with van der Waals surface area (Å²) in [5.41, 5.74) is 3.71. The molecule has 124 valence electrons. The molecule has 25 heavy (non-hydrogen) atoms. The minimum absolute atomic E-state index is 0.255. The molecule has 6 heteroatoms. The second-order valence-corrected chi connectivity index (χ2v) is 7.14. The molecular weight excluding hydrogens is 398 g/mol. The Morgan fingerprint density at radius 2 is 1.08 bits per heavy atom. The standard InChI is InChI=1S/C19H10Cl4N2/c20-14-5-12(6-15(21)9-14)18-3-11(1-2-24)4-19(25-18)13-7-16(22)10-17(23)8-13/h3-10H,1H2. The molecule has 0 saturated carbocycles. The first-order valence-corrected chi connectivity index (χ1v) is 8.76. The first-order chi connectivity index (χ1) is 11.9. The van der Waals surface area contributed by atoms with Crippen LogP contribution in [0.2, 0.25) is 20.1 Å². The summed E-state index contributed by atoms with van der Waals surface area (Å²) in [6.07, 6.45) is 0.255. The molecule has 1 heterocycles. The minimum atomic E-state index is 0.255. The number of pyridine rings is 1. The summed E-state index contributed by atoms with van der Waals surface area (Å²) in [6.45, 7) is 0. The molecule has 3 aromatic rings. The molecule has 0 aliphatic heterocycles. The molecule has 0 saturated heterocycles. The van der Waals surface area contributed by atoms with Gasteiger partial charge in [0.05, 0.1) is 23.9 Å². The van der Waals surface area contributed by atoms with Crippen molar-refractivity contribution >= 4 is 46.4 Å². The highest BCUT2D eigenvalue weighted by Crippen LogP contribution is 2.31. The van der Waals surface area contributed by atoms with E-state index in [1.165, 1.54) is 0 Å². The zero-order valence-corrected chi connectivity index (χ0v) is 15.8. The first kappa shape index (κ1) is 18.0. The van der Waals surface area contributed by atoms with Gasteiger partial charge in [-0.2, -0.15) is 5.26 Å². The number of hydrogen-bond donors (Lipinski definition) is 0. The molecule has 0 radical (unpaired) electrons. The van der Waals surface area contributed by atoms with Gasteiger partial charge in [-0.1, -0.05) is 46.4 Å². The number of aromatic nitrogens is 1. The summed E-state index contributed by atoms with van der Waals surface area (Å²) in [5, 5.41) is 11.1. The Balaban J connectivity index is 2.20. The fraction of sp³-hybridized carbons (Fsp3) is 0.0526. The van der Waals surface area contributed by atoms with Gasteiger partial charge in [0.1, 0.15) is 0 Å². The zero-order chi connectivity index (χ0) is 18.0. The number of nitrogens with zero attached hydrogens (tertiary/aromatic N) is 2. The lowest BCUT2D eigenvalue weighted by atomic mass is 10.0. The Hall–Kier alpha value is -1.76. The molecule has 0 aliphatic rings. The average molecular weight is 408 g/mol. The second kappa shape index (κ2) is 7.64. The maximum absolute atomic E-state index is 9.06. The molecule has 0 fully saturated rings. The Labute approximate surface area is 165 Å². The van der Waals surface area contributed by atoms with E-state index in [0.717, 1.165) is 16.7 Å². The smallest absolute Gasteiger partial charge is 0.0713 e. The molecule has 2 nitrogen and oxygen atoms in total. The van der Waals surface area contributed by atoms with Crippen LogP contribution < -0.4 is 0 Å². The van der Waals surface area contributed by atoms with Crippen LogP contribution >= 0.6 is 46.4 Å².